The third kappa shape index (κ3) is 4.03. The van der Waals surface area contributed by atoms with Crippen LogP contribution in [0.3, 0.4) is 0 Å². The zero-order valence-electron chi connectivity index (χ0n) is 16.6. The van der Waals surface area contributed by atoms with Crippen molar-refractivity contribution in [3.05, 3.63) is 77.3 Å². The molecule has 0 atom stereocenters. The zero-order valence-corrected chi connectivity index (χ0v) is 16.6. The number of rotatable bonds is 4. The van der Waals surface area contributed by atoms with Gasteiger partial charge in [0.2, 0.25) is 0 Å². The second-order valence-electron chi connectivity index (χ2n) is 6.57. The number of nitrogens with zero attached hydrogens (tertiary/aromatic N) is 8. The summed E-state index contributed by atoms with van der Waals surface area (Å²) >= 11 is 0. The van der Waals surface area contributed by atoms with Gasteiger partial charge in [0, 0.05) is 0 Å². The summed E-state index contributed by atoms with van der Waals surface area (Å²) in [6.07, 6.45) is -0.566. The minimum Gasteiger partial charge on any atom is -0.320 e. The van der Waals surface area contributed by atoms with Gasteiger partial charge in [-0.25, -0.2) is 14.1 Å². The van der Waals surface area contributed by atoms with E-state index in [1.807, 2.05) is 6.07 Å². The predicted octanol–water partition coefficient (Wildman–Crippen LogP) is 3.00. The van der Waals surface area contributed by atoms with Crippen LogP contribution in [0.15, 0.2) is 49.1 Å². The van der Waals surface area contributed by atoms with E-state index in [0.29, 0.717) is 10.9 Å². The number of hydrogen-bond acceptors (Lipinski definition) is 7. The van der Waals surface area contributed by atoms with Crippen LogP contribution in [0.2, 0.25) is 0 Å². The highest BCUT2D eigenvalue weighted by Gasteiger charge is 2.41. The minimum absolute atomic E-state index is 0.0503. The summed E-state index contributed by atoms with van der Waals surface area (Å²) < 4.78 is 55.5. The molecule has 3 aromatic heterocycles. The van der Waals surface area contributed by atoms with Crippen LogP contribution < -0.4 is 5.32 Å². The molecule has 0 aliphatic heterocycles. The van der Waals surface area contributed by atoms with Crippen molar-refractivity contribution in [3.8, 4) is 23.6 Å². The van der Waals surface area contributed by atoms with E-state index in [9.17, 15) is 32.9 Å². The van der Waals surface area contributed by atoms with Crippen molar-refractivity contribution in [1.29, 1.82) is 10.5 Å². The monoisotopic (exact) mass is 467 g/mol. The second kappa shape index (κ2) is 8.44. The average Bonchev–Trinajstić information content (AvgIpc) is 3.49. The normalized spacial score (nSPS) is 11.0. The maximum absolute atomic E-state index is 13.9. The van der Waals surface area contributed by atoms with Crippen LogP contribution in [0.5, 0.6) is 0 Å². The molecule has 4 rings (SSSR count). The largest absolute Gasteiger partial charge is 0.434 e. The lowest BCUT2D eigenvalue weighted by atomic mass is 10.1. The first-order chi connectivity index (χ1) is 16.2. The number of carbonyl (C=O) groups is 1. The number of aromatic nitrogens is 6. The van der Waals surface area contributed by atoms with Crippen molar-refractivity contribution in [2.24, 2.45) is 0 Å². The van der Waals surface area contributed by atoms with Crippen LogP contribution in [-0.2, 0) is 6.18 Å². The van der Waals surface area contributed by atoms with Crippen LogP contribution in [0.1, 0.15) is 27.2 Å². The van der Waals surface area contributed by atoms with Gasteiger partial charge in [-0.1, -0.05) is 0 Å². The van der Waals surface area contributed by atoms with Crippen LogP contribution in [0, 0.1) is 28.5 Å². The number of nitrogens with one attached hydrogen (secondary N) is 1. The van der Waals surface area contributed by atoms with E-state index in [0.717, 1.165) is 29.2 Å². The van der Waals surface area contributed by atoms with Gasteiger partial charge in [-0.15, -0.1) is 4.80 Å². The molecule has 1 amide bonds. The first-order valence-corrected chi connectivity index (χ1v) is 9.16. The van der Waals surface area contributed by atoms with Gasteiger partial charge in [0.15, 0.2) is 11.5 Å². The van der Waals surface area contributed by atoms with Crippen LogP contribution >= 0.6 is 0 Å². The molecular weight excluding hydrogens is 458 g/mol. The standard InChI is InChI=1S/C20H9F4N9O/c21-13-1-2-16(11(5-13)7-25)32-17(20(22,23)24)15(10-30-32)19(34)31-14-6-12(8-26)18(27-9-14)33-28-3-4-29-33/h1-6,9-10H,(H,31,34). The molecule has 0 bridgehead atoms. The average molecular weight is 467 g/mol. The van der Waals surface area contributed by atoms with Crippen LogP contribution in [0.4, 0.5) is 23.2 Å². The van der Waals surface area contributed by atoms with Gasteiger partial charge in [0.05, 0.1) is 47.3 Å². The molecule has 4 aromatic rings. The molecule has 0 radical (unpaired) electrons. The summed E-state index contributed by atoms with van der Waals surface area (Å²) in [5.74, 6) is -1.97. The highest BCUT2D eigenvalue weighted by Crippen LogP contribution is 2.34. The fourth-order valence-corrected chi connectivity index (χ4v) is 3.04. The lowest BCUT2D eigenvalue weighted by molar-refractivity contribution is -0.143. The number of nitriles is 2. The van der Waals surface area contributed by atoms with Crippen molar-refractivity contribution < 1.29 is 22.4 Å². The zero-order chi connectivity index (χ0) is 24.5. The van der Waals surface area contributed by atoms with Gasteiger partial charge in [-0.3, -0.25) is 4.79 Å². The Labute approximate surface area is 187 Å². The van der Waals surface area contributed by atoms with Gasteiger partial charge >= 0.3 is 6.18 Å². The highest BCUT2D eigenvalue weighted by atomic mass is 19.4. The molecule has 3 heterocycles. The van der Waals surface area contributed by atoms with E-state index in [1.54, 1.807) is 6.07 Å². The molecule has 14 heteroatoms. The Morgan fingerprint density at radius 3 is 2.35 bits per heavy atom. The fraction of sp³-hybridized carbons (Fsp3) is 0.0500. The lowest BCUT2D eigenvalue weighted by Crippen LogP contribution is -2.21. The molecule has 34 heavy (non-hydrogen) atoms. The van der Waals surface area contributed by atoms with Crippen molar-refractivity contribution in [1.82, 2.24) is 29.8 Å². The van der Waals surface area contributed by atoms with E-state index in [4.69, 9.17) is 0 Å². The van der Waals surface area contributed by atoms with Gasteiger partial charge in [0.1, 0.15) is 23.5 Å². The van der Waals surface area contributed by atoms with E-state index in [2.05, 4.69) is 25.6 Å². The number of anilines is 1. The van der Waals surface area contributed by atoms with Gasteiger partial charge < -0.3 is 5.32 Å². The Hall–Kier alpha value is -5.11. The van der Waals surface area contributed by atoms with Crippen molar-refractivity contribution in [3.63, 3.8) is 0 Å². The Kier molecular flexibility index (Phi) is 5.48. The smallest absolute Gasteiger partial charge is 0.320 e. The first kappa shape index (κ1) is 22.1. The number of pyridine rings is 1. The molecule has 0 saturated carbocycles. The lowest BCUT2D eigenvalue weighted by Gasteiger charge is -2.14. The van der Waals surface area contributed by atoms with Crippen molar-refractivity contribution in [2.45, 2.75) is 6.18 Å². The molecule has 0 unspecified atom stereocenters. The summed E-state index contributed by atoms with van der Waals surface area (Å²) in [5, 5.41) is 32.1. The summed E-state index contributed by atoms with van der Waals surface area (Å²) in [6, 6.07) is 7.20. The number of halogens is 4. The number of alkyl halides is 3. The first-order valence-electron chi connectivity index (χ1n) is 9.16. The molecule has 0 aliphatic rings. The second-order valence-corrected chi connectivity index (χ2v) is 6.57. The third-order valence-electron chi connectivity index (χ3n) is 4.44. The fourth-order valence-electron chi connectivity index (χ4n) is 3.04. The quantitative estimate of drug-likeness (QED) is 0.455. The molecule has 1 N–H and O–H groups in total. The highest BCUT2D eigenvalue weighted by molar-refractivity contribution is 6.05. The van der Waals surface area contributed by atoms with Crippen LogP contribution in [0.25, 0.3) is 11.5 Å². The molecule has 0 fully saturated rings. The number of benzene rings is 1. The summed E-state index contributed by atoms with van der Waals surface area (Å²) in [4.78, 5) is 17.8. The Balaban J connectivity index is 1.73. The molecule has 0 saturated heterocycles. The van der Waals surface area contributed by atoms with E-state index < -0.39 is 34.7 Å². The SMILES string of the molecule is N#Cc1cc(F)ccc1-n1ncc(C(=O)Nc2cnc(-n3nccn3)c(C#N)c2)c1C(F)(F)F. The minimum atomic E-state index is -5.06. The Morgan fingerprint density at radius 1 is 1.00 bits per heavy atom. The summed E-state index contributed by atoms with van der Waals surface area (Å²) in [7, 11) is 0. The molecule has 1 aromatic carbocycles. The third-order valence-corrected chi connectivity index (χ3v) is 4.44. The molecule has 10 nitrogen and oxygen atoms in total. The van der Waals surface area contributed by atoms with Crippen molar-refractivity contribution in [2.75, 3.05) is 5.32 Å². The molecule has 168 valence electrons. The van der Waals surface area contributed by atoms with E-state index in [-0.39, 0.29) is 22.8 Å². The number of hydrogen-bond donors (Lipinski definition) is 1. The topological polar surface area (TPSA) is 138 Å². The molecule has 0 spiro atoms. The maximum Gasteiger partial charge on any atom is 0.434 e. The molecular formula is C20H9F4N9O. The maximum atomic E-state index is 13.9. The summed E-state index contributed by atoms with van der Waals surface area (Å²) in [6.45, 7) is 0. The Bertz CT molecular complexity index is 1480. The van der Waals surface area contributed by atoms with Gasteiger partial charge in [-0.2, -0.15) is 39.0 Å². The number of amides is 1. The summed E-state index contributed by atoms with van der Waals surface area (Å²) in [5.41, 5.74) is -3.23. The molecule has 0 aliphatic carbocycles. The van der Waals surface area contributed by atoms with Crippen molar-refractivity contribution >= 4 is 11.6 Å². The van der Waals surface area contributed by atoms with Gasteiger partial charge in [0.25, 0.3) is 5.91 Å². The van der Waals surface area contributed by atoms with E-state index >= 15 is 0 Å². The number of carbonyl (C=O) groups excluding carboxylic acids is 1. The van der Waals surface area contributed by atoms with E-state index in [1.165, 1.54) is 18.5 Å². The van der Waals surface area contributed by atoms with Crippen LogP contribution in [-0.4, -0.2) is 35.7 Å². The predicted molar refractivity (Wildman–Crippen MR) is 105 cm³/mol. The van der Waals surface area contributed by atoms with Gasteiger partial charge in [-0.05, 0) is 24.3 Å². The Morgan fingerprint density at radius 2 is 1.71 bits per heavy atom.